The van der Waals surface area contributed by atoms with Crippen molar-refractivity contribution in [1.82, 2.24) is 0 Å². The van der Waals surface area contributed by atoms with Crippen LogP contribution in [0.5, 0.6) is 0 Å². The molecule has 3 atom stereocenters. The Bertz CT molecular complexity index is 551. The summed E-state index contributed by atoms with van der Waals surface area (Å²) in [6.45, 7) is 0. The first-order chi connectivity index (χ1) is 10.1. The van der Waals surface area contributed by atoms with Gasteiger partial charge in [0.05, 0.1) is 7.11 Å². The van der Waals surface area contributed by atoms with Crippen LogP contribution >= 0.6 is 0 Å². The highest BCUT2D eigenvalue weighted by Gasteiger charge is 2.49. The van der Waals surface area contributed by atoms with E-state index in [9.17, 15) is 9.90 Å². The molecule has 21 heavy (non-hydrogen) atoms. The van der Waals surface area contributed by atoms with Crippen molar-refractivity contribution in [3.63, 3.8) is 0 Å². The zero-order chi connectivity index (χ0) is 14.9. The molecule has 2 aliphatic rings. The molecule has 4 nitrogen and oxygen atoms in total. The number of aliphatic hydroxyl groups is 1. The van der Waals surface area contributed by atoms with Crippen molar-refractivity contribution in [2.45, 2.75) is 37.4 Å². The SMILES string of the molecule is COC(=O)C1=C[C@@H](c2ccccc2)[C@@H]2CCCC[C@@]2(O)O1. The number of carbonyl (C=O) groups is 1. The van der Waals surface area contributed by atoms with Crippen LogP contribution in [0.1, 0.15) is 37.2 Å². The molecule has 1 heterocycles. The molecule has 1 aromatic carbocycles. The third kappa shape index (κ3) is 2.56. The van der Waals surface area contributed by atoms with Crippen molar-refractivity contribution in [1.29, 1.82) is 0 Å². The zero-order valence-electron chi connectivity index (χ0n) is 12.1. The van der Waals surface area contributed by atoms with Crippen LogP contribution in [0.4, 0.5) is 0 Å². The van der Waals surface area contributed by atoms with E-state index in [2.05, 4.69) is 0 Å². The average Bonchev–Trinajstić information content (AvgIpc) is 2.53. The van der Waals surface area contributed by atoms with Gasteiger partial charge in [0.15, 0.2) is 0 Å². The highest BCUT2D eigenvalue weighted by atomic mass is 16.6. The van der Waals surface area contributed by atoms with Crippen LogP contribution in [0.15, 0.2) is 42.2 Å². The predicted octanol–water partition coefficient (Wildman–Crippen LogP) is 2.74. The molecule has 1 fully saturated rings. The summed E-state index contributed by atoms with van der Waals surface area (Å²) in [5, 5.41) is 10.9. The first-order valence-electron chi connectivity index (χ1n) is 7.40. The number of esters is 1. The molecular weight excluding hydrogens is 268 g/mol. The second kappa shape index (κ2) is 5.53. The molecule has 0 saturated heterocycles. The van der Waals surface area contributed by atoms with Crippen molar-refractivity contribution < 1.29 is 19.4 Å². The number of fused-ring (bicyclic) bond motifs is 1. The molecular formula is C17H20O4. The Balaban J connectivity index is 2.03. The monoisotopic (exact) mass is 288 g/mol. The summed E-state index contributed by atoms with van der Waals surface area (Å²) in [7, 11) is 1.32. The smallest absolute Gasteiger partial charge is 0.373 e. The van der Waals surface area contributed by atoms with Crippen LogP contribution in [-0.2, 0) is 14.3 Å². The lowest BCUT2D eigenvalue weighted by atomic mass is 9.71. The van der Waals surface area contributed by atoms with Gasteiger partial charge in [-0.05, 0) is 24.5 Å². The number of allylic oxidation sites excluding steroid dienone is 1. The van der Waals surface area contributed by atoms with Gasteiger partial charge in [-0.1, -0.05) is 36.8 Å². The standard InChI is InChI=1S/C17H20O4/c1-20-16(18)15-11-13(12-7-3-2-4-8-12)14-9-5-6-10-17(14,19)21-15/h2-4,7-8,11,13-14,19H,5-6,9-10H2,1H3/t13-,14-,17+/m0/s1. The Morgan fingerprint density at radius 1 is 1.33 bits per heavy atom. The Hall–Kier alpha value is -1.81. The molecule has 1 saturated carbocycles. The van der Waals surface area contributed by atoms with E-state index in [0.29, 0.717) is 6.42 Å². The van der Waals surface area contributed by atoms with Crippen LogP contribution in [0.2, 0.25) is 0 Å². The van der Waals surface area contributed by atoms with E-state index in [1.54, 1.807) is 6.08 Å². The molecule has 0 bridgehead atoms. The van der Waals surface area contributed by atoms with E-state index >= 15 is 0 Å². The summed E-state index contributed by atoms with van der Waals surface area (Å²) >= 11 is 0. The summed E-state index contributed by atoms with van der Waals surface area (Å²) in [5.41, 5.74) is 1.09. The summed E-state index contributed by atoms with van der Waals surface area (Å²) < 4.78 is 10.4. The van der Waals surface area contributed by atoms with E-state index in [1.165, 1.54) is 7.11 Å². The van der Waals surface area contributed by atoms with E-state index in [0.717, 1.165) is 24.8 Å². The van der Waals surface area contributed by atoms with Gasteiger partial charge in [-0.25, -0.2) is 4.79 Å². The number of carbonyl (C=O) groups excluding carboxylic acids is 1. The molecule has 1 aliphatic heterocycles. The quantitative estimate of drug-likeness (QED) is 0.850. The minimum atomic E-state index is -1.27. The van der Waals surface area contributed by atoms with Gasteiger partial charge in [-0.15, -0.1) is 0 Å². The normalized spacial score (nSPS) is 31.6. The highest BCUT2D eigenvalue weighted by Crippen LogP contribution is 2.48. The number of hydrogen-bond acceptors (Lipinski definition) is 4. The van der Waals surface area contributed by atoms with Crippen LogP contribution in [-0.4, -0.2) is 24.0 Å². The third-order valence-corrected chi connectivity index (χ3v) is 4.50. The maximum atomic E-state index is 11.8. The molecule has 0 aromatic heterocycles. The van der Waals surface area contributed by atoms with Crippen molar-refractivity contribution in [2.75, 3.05) is 7.11 Å². The molecule has 3 rings (SSSR count). The van der Waals surface area contributed by atoms with Crippen molar-refractivity contribution in [3.05, 3.63) is 47.7 Å². The second-order valence-corrected chi connectivity index (χ2v) is 5.76. The van der Waals surface area contributed by atoms with Crippen LogP contribution in [0, 0.1) is 5.92 Å². The molecule has 112 valence electrons. The Morgan fingerprint density at radius 3 is 2.81 bits per heavy atom. The van der Waals surface area contributed by atoms with Gasteiger partial charge in [0.25, 0.3) is 0 Å². The lowest BCUT2D eigenvalue weighted by molar-refractivity contribution is -0.243. The van der Waals surface area contributed by atoms with Crippen molar-refractivity contribution in [2.24, 2.45) is 5.92 Å². The van der Waals surface area contributed by atoms with Gasteiger partial charge >= 0.3 is 5.97 Å². The minimum Gasteiger partial charge on any atom is -0.463 e. The summed E-state index contributed by atoms with van der Waals surface area (Å²) in [6, 6.07) is 9.95. The van der Waals surface area contributed by atoms with Crippen LogP contribution in [0.25, 0.3) is 0 Å². The second-order valence-electron chi connectivity index (χ2n) is 5.76. The lowest BCUT2D eigenvalue weighted by Gasteiger charge is -2.46. The number of methoxy groups -OCH3 is 1. The first-order valence-corrected chi connectivity index (χ1v) is 7.40. The molecule has 0 amide bonds. The Labute approximate surface area is 124 Å². The molecule has 0 spiro atoms. The van der Waals surface area contributed by atoms with Gasteiger partial charge in [0.2, 0.25) is 11.5 Å². The first kappa shape index (κ1) is 14.1. The van der Waals surface area contributed by atoms with Crippen molar-refractivity contribution in [3.8, 4) is 0 Å². The van der Waals surface area contributed by atoms with Crippen LogP contribution < -0.4 is 0 Å². The van der Waals surface area contributed by atoms with Gasteiger partial charge in [0.1, 0.15) is 0 Å². The van der Waals surface area contributed by atoms with Gasteiger partial charge < -0.3 is 14.6 Å². The van der Waals surface area contributed by atoms with E-state index < -0.39 is 11.8 Å². The topological polar surface area (TPSA) is 55.8 Å². The van der Waals surface area contributed by atoms with E-state index in [1.807, 2.05) is 30.3 Å². The minimum absolute atomic E-state index is 0.0259. The number of rotatable bonds is 2. The summed E-state index contributed by atoms with van der Waals surface area (Å²) in [6.07, 6.45) is 5.21. The molecule has 1 aliphatic carbocycles. The fourth-order valence-electron chi connectivity index (χ4n) is 3.46. The fraction of sp³-hybridized carbons (Fsp3) is 0.471. The maximum Gasteiger partial charge on any atom is 0.373 e. The molecule has 4 heteroatoms. The summed E-state index contributed by atoms with van der Waals surface area (Å²) in [5.74, 6) is -1.74. The molecule has 1 aromatic rings. The summed E-state index contributed by atoms with van der Waals surface area (Å²) in [4.78, 5) is 11.8. The molecule has 1 N–H and O–H groups in total. The van der Waals surface area contributed by atoms with Crippen LogP contribution in [0.3, 0.4) is 0 Å². The zero-order valence-corrected chi connectivity index (χ0v) is 12.1. The predicted molar refractivity (Wildman–Crippen MR) is 77.3 cm³/mol. The largest absolute Gasteiger partial charge is 0.463 e. The number of hydrogen-bond donors (Lipinski definition) is 1. The lowest BCUT2D eigenvalue weighted by Crippen LogP contribution is -2.48. The van der Waals surface area contributed by atoms with Gasteiger partial charge in [-0.2, -0.15) is 0 Å². The Morgan fingerprint density at radius 2 is 2.10 bits per heavy atom. The van der Waals surface area contributed by atoms with Gasteiger partial charge in [-0.3, -0.25) is 0 Å². The fourth-order valence-corrected chi connectivity index (χ4v) is 3.46. The Kier molecular flexibility index (Phi) is 3.72. The average molecular weight is 288 g/mol. The van der Waals surface area contributed by atoms with Gasteiger partial charge in [0, 0.05) is 18.3 Å². The number of ether oxygens (including phenoxy) is 2. The van der Waals surface area contributed by atoms with Crippen molar-refractivity contribution >= 4 is 5.97 Å². The molecule has 0 radical (unpaired) electrons. The van der Waals surface area contributed by atoms with E-state index in [4.69, 9.17) is 9.47 Å². The highest BCUT2D eigenvalue weighted by molar-refractivity contribution is 5.86. The van der Waals surface area contributed by atoms with E-state index in [-0.39, 0.29) is 17.6 Å². The third-order valence-electron chi connectivity index (χ3n) is 4.50. The number of benzene rings is 1. The maximum absolute atomic E-state index is 11.8. The molecule has 0 unspecified atom stereocenters.